The molecular formula is C20H24N6O. The van der Waals surface area contributed by atoms with Crippen LogP contribution >= 0.6 is 0 Å². The van der Waals surface area contributed by atoms with E-state index >= 15 is 0 Å². The molecule has 0 unspecified atom stereocenters. The Morgan fingerprint density at radius 2 is 1.85 bits per heavy atom. The van der Waals surface area contributed by atoms with Crippen molar-refractivity contribution >= 4 is 22.5 Å². The van der Waals surface area contributed by atoms with E-state index in [-0.39, 0.29) is 5.91 Å². The van der Waals surface area contributed by atoms with Crippen LogP contribution in [0.1, 0.15) is 0 Å². The van der Waals surface area contributed by atoms with Crippen molar-refractivity contribution in [1.82, 2.24) is 24.6 Å². The molecule has 140 valence electrons. The first-order valence-corrected chi connectivity index (χ1v) is 9.16. The smallest absolute Gasteiger partial charge is 0.239 e. The number of carbonyl (C=O) groups excluding carboxylic acids is 1. The first-order chi connectivity index (χ1) is 13.1. The van der Waals surface area contributed by atoms with E-state index in [9.17, 15) is 4.79 Å². The molecule has 7 heteroatoms. The van der Waals surface area contributed by atoms with Crippen LogP contribution in [-0.2, 0) is 11.8 Å². The lowest BCUT2D eigenvalue weighted by Crippen LogP contribution is -2.47. The molecule has 1 aliphatic heterocycles. The fourth-order valence-corrected chi connectivity index (χ4v) is 3.35. The molecule has 3 aromatic rings. The molecule has 0 atom stereocenters. The van der Waals surface area contributed by atoms with Gasteiger partial charge in [-0.05, 0) is 30.1 Å². The second kappa shape index (κ2) is 7.46. The standard InChI is InChI=1S/C20H24N6O/c1-24-5-7-26(8-6-24)14-20(27)23-19-10-17-9-15(3-4-16(17)11-21-19)18-12-22-25(2)13-18/h3-4,9-13H,5-8,14H2,1-2H3,(H,21,23,27). The van der Waals surface area contributed by atoms with Crippen molar-refractivity contribution in [2.45, 2.75) is 0 Å². The second-order valence-corrected chi connectivity index (χ2v) is 7.16. The van der Waals surface area contributed by atoms with Gasteiger partial charge in [-0.25, -0.2) is 4.98 Å². The molecule has 1 amide bonds. The Balaban J connectivity index is 1.48. The Bertz CT molecular complexity index is 958. The van der Waals surface area contributed by atoms with Gasteiger partial charge in [-0.2, -0.15) is 5.10 Å². The van der Waals surface area contributed by atoms with Crippen LogP contribution in [0.25, 0.3) is 21.9 Å². The van der Waals surface area contributed by atoms with Crippen LogP contribution in [0.4, 0.5) is 5.82 Å². The number of aryl methyl sites for hydroxylation is 1. The number of rotatable bonds is 4. The van der Waals surface area contributed by atoms with Crippen LogP contribution in [0, 0.1) is 0 Å². The van der Waals surface area contributed by atoms with Crippen molar-refractivity contribution in [1.29, 1.82) is 0 Å². The van der Waals surface area contributed by atoms with Gasteiger partial charge in [0, 0.05) is 56.6 Å². The van der Waals surface area contributed by atoms with E-state index < -0.39 is 0 Å². The Hall–Kier alpha value is -2.77. The van der Waals surface area contributed by atoms with Crippen molar-refractivity contribution in [3.63, 3.8) is 0 Å². The molecule has 0 aliphatic carbocycles. The van der Waals surface area contributed by atoms with Crippen molar-refractivity contribution in [2.24, 2.45) is 7.05 Å². The fourth-order valence-electron chi connectivity index (χ4n) is 3.35. The van der Waals surface area contributed by atoms with Crippen molar-refractivity contribution < 1.29 is 4.79 Å². The predicted molar refractivity (Wildman–Crippen MR) is 107 cm³/mol. The lowest BCUT2D eigenvalue weighted by molar-refractivity contribution is -0.117. The number of piperazine rings is 1. The van der Waals surface area contributed by atoms with Crippen LogP contribution in [-0.4, -0.2) is 70.2 Å². The number of hydrogen-bond acceptors (Lipinski definition) is 5. The normalized spacial score (nSPS) is 15.9. The second-order valence-electron chi connectivity index (χ2n) is 7.16. The van der Waals surface area contributed by atoms with Gasteiger partial charge in [-0.15, -0.1) is 0 Å². The summed E-state index contributed by atoms with van der Waals surface area (Å²) in [4.78, 5) is 21.2. The Morgan fingerprint density at radius 3 is 2.59 bits per heavy atom. The highest BCUT2D eigenvalue weighted by molar-refractivity contribution is 5.94. The van der Waals surface area contributed by atoms with E-state index in [0.29, 0.717) is 12.4 Å². The number of carbonyl (C=O) groups is 1. The van der Waals surface area contributed by atoms with E-state index in [1.165, 1.54) is 0 Å². The van der Waals surface area contributed by atoms with Crippen molar-refractivity contribution in [3.8, 4) is 11.1 Å². The van der Waals surface area contributed by atoms with Gasteiger partial charge >= 0.3 is 0 Å². The van der Waals surface area contributed by atoms with Crippen LogP contribution in [0.2, 0.25) is 0 Å². The average molecular weight is 364 g/mol. The van der Waals surface area contributed by atoms with Gasteiger partial charge in [0.1, 0.15) is 5.82 Å². The largest absolute Gasteiger partial charge is 0.310 e. The quantitative estimate of drug-likeness (QED) is 0.765. The van der Waals surface area contributed by atoms with E-state index in [1.807, 2.05) is 31.6 Å². The maximum Gasteiger partial charge on any atom is 0.239 e. The summed E-state index contributed by atoms with van der Waals surface area (Å²) in [6.07, 6.45) is 5.63. The van der Waals surface area contributed by atoms with E-state index in [2.05, 4.69) is 44.4 Å². The summed E-state index contributed by atoms with van der Waals surface area (Å²) in [5, 5.41) is 9.25. The fraction of sp³-hybridized carbons (Fsp3) is 0.350. The molecule has 3 heterocycles. The van der Waals surface area contributed by atoms with E-state index in [0.717, 1.165) is 48.1 Å². The minimum atomic E-state index is -0.0187. The molecule has 1 fully saturated rings. The zero-order valence-electron chi connectivity index (χ0n) is 15.7. The van der Waals surface area contributed by atoms with Gasteiger partial charge in [-0.3, -0.25) is 14.4 Å². The Morgan fingerprint density at radius 1 is 1.04 bits per heavy atom. The highest BCUT2D eigenvalue weighted by Gasteiger charge is 2.16. The monoisotopic (exact) mass is 364 g/mol. The number of pyridine rings is 1. The number of nitrogens with one attached hydrogen (secondary N) is 1. The summed E-state index contributed by atoms with van der Waals surface area (Å²) in [5.74, 6) is 0.569. The molecule has 0 spiro atoms. The minimum Gasteiger partial charge on any atom is -0.310 e. The molecule has 1 N–H and O–H groups in total. The van der Waals surface area contributed by atoms with Crippen LogP contribution < -0.4 is 5.32 Å². The van der Waals surface area contributed by atoms with Gasteiger partial charge < -0.3 is 10.2 Å². The van der Waals surface area contributed by atoms with Crippen LogP contribution in [0.15, 0.2) is 42.9 Å². The van der Waals surface area contributed by atoms with Gasteiger partial charge in [0.25, 0.3) is 0 Å². The summed E-state index contributed by atoms with van der Waals surface area (Å²) in [7, 11) is 4.01. The molecule has 1 aliphatic rings. The van der Waals surface area contributed by atoms with Gasteiger partial charge in [0.15, 0.2) is 0 Å². The summed E-state index contributed by atoms with van der Waals surface area (Å²) >= 11 is 0. The summed E-state index contributed by atoms with van der Waals surface area (Å²) in [6.45, 7) is 4.24. The van der Waals surface area contributed by atoms with Gasteiger partial charge in [0.05, 0.1) is 12.7 Å². The molecule has 0 saturated carbocycles. The molecular weight excluding hydrogens is 340 g/mol. The summed E-state index contributed by atoms with van der Waals surface area (Å²) < 4.78 is 1.79. The molecule has 0 radical (unpaired) electrons. The molecule has 27 heavy (non-hydrogen) atoms. The van der Waals surface area contributed by atoms with Crippen LogP contribution in [0.5, 0.6) is 0 Å². The summed E-state index contributed by atoms with van der Waals surface area (Å²) in [6, 6.07) is 8.13. The molecule has 1 saturated heterocycles. The predicted octanol–water partition coefficient (Wildman–Crippen LogP) is 1.82. The zero-order chi connectivity index (χ0) is 18.8. The Kier molecular flexibility index (Phi) is 4.87. The van der Waals surface area contributed by atoms with Gasteiger partial charge in [-0.1, -0.05) is 12.1 Å². The number of nitrogens with zero attached hydrogens (tertiary/aromatic N) is 5. The SMILES string of the molecule is CN1CCN(CC(=O)Nc2cc3cc(-c4cnn(C)c4)ccc3cn2)CC1. The average Bonchev–Trinajstić information content (AvgIpc) is 3.09. The number of likely N-dealkylation sites (N-methyl/N-ethyl adjacent to an activating group) is 1. The van der Waals surface area contributed by atoms with Crippen LogP contribution in [0.3, 0.4) is 0 Å². The van der Waals surface area contributed by atoms with Gasteiger partial charge in [0.2, 0.25) is 5.91 Å². The molecule has 1 aromatic carbocycles. The van der Waals surface area contributed by atoms with E-state index in [1.54, 1.807) is 10.9 Å². The summed E-state index contributed by atoms with van der Waals surface area (Å²) in [5.41, 5.74) is 2.16. The number of fused-ring (bicyclic) bond motifs is 1. The van der Waals surface area contributed by atoms with Crippen molar-refractivity contribution in [3.05, 3.63) is 42.9 Å². The van der Waals surface area contributed by atoms with Crippen molar-refractivity contribution in [2.75, 3.05) is 45.1 Å². The molecule has 7 nitrogen and oxygen atoms in total. The lowest BCUT2D eigenvalue weighted by Gasteiger charge is -2.31. The first-order valence-electron chi connectivity index (χ1n) is 9.16. The van der Waals surface area contributed by atoms with E-state index in [4.69, 9.17) is 0 Å². The minimum absolute atomic E-state index is 0.0187. The third kappa shape index (κ3) is 4.15. The number of aromatic nitrogens is 3. The molecule has 2 aromatic heterocycles. The molecule has 0 bridgehead atoms. The Labute approximate surface area is 158 Å². The maximum absolute atomic E-state index is 12.4. The zero-order valence-corrected chi connectivity index (χ0v) is 15.7. The number of amides is 1. The number of anilines is 1. The first kappa shape index (κ1) is 17.6. The topological polar surface area (TPSA) is 66.3 Å². The third-order valence-electron chi connectivity index (χ3n) is 4.99. The number of hydrogen-bond donors (Lipinski definition) is 1. The highest BCUT2D eigenvalue weighted by Crippen LogP contribution is 2.25. The maximum atomic E-state index is 12.4. The third-order valence-corrected chi connectivity index (χ3v) is 4.99. The number of benzene rings is 1. The highest BCUT2D eigenvalue weighted by atomic mass is 16.2. The lowest BCUT2D eigenvalue weighted by atomic mass is 10.1. The molecule has 4 rings (SSSR count).